The fraction of sp³-hybridized carbons (Fsp3) is 0.929. The van der Waals surface area contributed by atoms with E-state index in [9.17, 15) is 4.79 Å². The first kappa shape index (κ1) is 12.9. The number of rotatable bonds is 4. The molecule has 0 atom stereocenters. The average Bonchev–Trinajstić information content (AvgIpc) is 2.29. The molecule has 0 saturated heterocycles. The lowest BCUT2D eigenvalue weighted by atomic mass is 9.76. The quantitative estimate of drug-likeness (QED) is 0.790. The van der Waals surface area contributed by atoms with Crippen LogP contribution in [-0.2, 0) is 4.79 Å². The second-order valence-corrected chi connectivity index (χ2v) is 5.99. The van der Waals surface area contributed by atoms with Crippen molar-refractivity contribution in [1.29, 1.82) is 0 Å². The normalized spacial score (nSPS) is 31.6. The van der Waals surface area contributed by atoms with Crippen LogP contribution in [0, 0.1) is 5.92 Å². The van der Waals surface area contributed by atoms with Crippen LogP contribution in [0.4, 0.5) is 0 Å². The Morgan fingerprint density at radius 2 is 1.94 bits per heavy atom. The van der Waals surface area contributed by atoms with E-state index in [1.165, 1.54) is 25.7 Å². The standard InChI is InChI=1S/C14H26N2O/c1-2-4-11-5-7-12(8-6-11)16-13(17)14(15)9-3-10-14/h11-12H,2-10,15H2,1H3,(H,16,17). The van der Waals surface area contributed by atoms with E-state index in [2.05, 4.69) is 12.2 Å². The average molecular weight is 238 g/mol. The largest absolute Gasteiger partial charge is 0.352 e. The Balaban J connectivity index is 1.72. The molecule has 3 heteroatoms. The lowest BCUT2D eigenvalue weighted by Gasteiger charge is -2.38. The fourth-order valence-corrected chi connectivity index (χ4v) is 3.12. The van der Waals surface area contributed by atoms with E-state index in [-0.39, 0.29) is 5.91 Å². The van der Waals surface area contributed by atoms with Crippen LogP contribution >= 0.6 is 0 Å². The number of amides is 1. The van der Waals surface area contributed by atoms with E-state index < -0.39 is 5.54 Å². The molecule has 0 aromatic heterocycles. The first-order valence-electron chi connectivity index (χ1n) is 7.24. The molecule has 2 rings (SSSR count). The van der Waals surface area contributed by atoms with E-state index in [1.807, 2.05) is 0 Å². The van der Waals surface area contributed by atoms with Crippen molar-refractivity contribution in [2.45, 2.75) is 76.3 Å². The van der Waals surface area contributed by atoms with Crippen molar-refractivity contribution in [3.63, 3.8) is 0 Å². The van der Waals surface area contributed by atoms with Crippen molar-refractivity contribution in [2.75, 3.05) is 0 Å². The fourth-order valence-electron chi connectivity index (χ4n) is 3.12. The third-order valence-corrected chi connectivity index (χ3v) is 4.58. The van der Waals surface area contributed by atoms with Gasteiger partial charge in [0.2, 0.25) is 5.91 Å². The number of hydrogen-bond acceptors (Lipinski definition) is 2. The molecule has 0 heterocycles. The highest BCUT2D eigenvalue weighted by Gasteiger charge is 2.40. The Labute approximate surface area is 105 Å². The second-order valence-electron chi connectivity index (χ2n) is 5.99. The highest BCUT2D eigenvalue weighted by molar-refractivity contribution is 5.87. The molecule has 98 valence electrons. The molecule has 2 aliphatic rings. The Morgan fingerprint density at radius 3 is 2.41 bits per heavy atom. The van der Waals surface area contributed by atoms with Crippen LogP contribution in [0.15, 0.2) is 0 Å². The van der Waals surface area contributed by atoms with Crippen molar-refractivity contribution >= 4 is 5.91 Å². The van der Waals surface area contributed by atoms with E-state index in [4.69, 9.17) is 5.73 Å². The van der Waals surface area contributed by atoms with Gasteiger partial charge in [-0.15, -0.1) is 0 Å². The Hall–Kier alpha value is -0.570. The third-order valence-electron chi connectivity index (χ3n) is 4.58. The monoisotopic (exact) mass is 238 g/mol. The van der Waals surface area contributed by atoms with Crippen molar-refractivity contribution in [1.82, 2.24) is 5.32 Å². The lowest BCUT2D eigenvalue weighted by molar-refractivity contribution is -0.130. The first-order chi connectivity index (χ1) is 8.14. The summed E-state index contributed by atoms with van der Waals surface area (Å²) in [6.07, 6.45) is 10.3. The van der Waals surface area contributed by atoms with Crippen LogP contribution in [-0.4, -0.2) is 17.5 Å². The molecule has 3 nitrogen and oxygen atoms in total. The van der Waals surface area contributed by atoms with E-state index in [1.54, 1.807) is 0 Å². The lowest BCUT2D eigenvalue weighted by Crippen LogP contribution is -2.60. The summed E-state index contributed by atoms with van der Waals surface area (Å²) in [5, 5.41) is 3.16. The van der Waals surface area contributed by atoms with Gasteiger partial charge in [-0.25, -0.2) is 0 Å². The van der Waals surface area contributed by atoms with Gasteiger partial charge < -0.3 is 11.1 Å². The SMILES string of the molecule is CCCC1CCC(NC(=O)C2(N)CCC2)CC1. The van der Waals surface area contributed by atoms with Crippen LogP contribution in [0.2, 0.25) is 0 Å². The summed E-state index contributed by atoms with van der Waals surface area (Å²) in [7, 11) is 0. The van der Waals surface area contributed by atoms with Gasteiger partial charge in [0.1, 0.15) is 0 Å². The van der Waals surface area contributed by atoms with E-state index in [0.717, 1.165) is 38.0 Å². The minimum atomic E-state index is -0.528. The molecule has 2 saturated carbocycles. The number of nitrogens with two attached hydrogens (primary N) is 1. The Morgan fingerprint density at radius 1 is 1.29 bits per heavy atom. The minimum Gasteiger partial charge on any atom is -0.352 e. The topological polar surface area (TPSA) is 55.1 Å². The van der Waals surface area contributed by atoms with Crippen LogP contribution in [0.5, 0.6) is 0 Å². The minimum absolute atomic E-state index is 0.0997. The van der Waals surface area contributed by atoms with Crippen LogP contribution < -0.4 is 11.1 Å². The molecule has 0 aliphatic heterocycles. The summed E-state index contributed by atoms with van der Waals surface area (Å²) in [6.45, 7) is 2.25. The molecule has 0 bridgehead atoms. The van der Waals surface area contributed by atoms with Gasteiger partial charge in [-0.3, -0.25) is 4.79 Å². The zero-order valence-electron chi connectivity index (χ0n) is 11.0. The summed E-state index contributed by atoms with van der Waals surface area (Å²) in [5.74, 6) is 0.992. The van der Waals surface area contributed by atoms with Gasteiger partial charge >= 0.3 is 0 Å². The third kappa shape index (κ3) is 3.01. The van der Waals surface area contributed by atoms with Crippen molar-refractivity contribution in [2.24, 2.45) is 11.7 Å². The van der Waals surface area contributed by atoms with Crippen LogP contribution in [0.25, 0.3) is 0 Å². The van der Waals surface area contributed by atoms with Gasteiger partial charge in [-0.05, 0) is 50.9 Å². The molecule has 0 spiro atoms. The summed E-state index contributed by atoms with van der Waals surface area (Å²) in [5.41, 5.74) is 5.50. The molecule has 0 radical (unpaired) electrons. The van der Waals surface area contributed by atoms with Crippen molar-refractivity contribution in [3.8, 4) is 0 Å². The number of carbonyl (C=O) groups excluding carboxylic acids is 1. The van der Waals surface area contributed by atoms with E-state index in [0.29, 0.717) is 6.04 Å². The van der Waals surface area contributed by atoms with Gasteiger partial charge in [0.05, 0.1) is 5.54 Å². The summed E-state index contributed by atoms with van der Waals surface area (Å²) in [6, 6.07) is 0.386. The van der Waals surface area contributed by atoms with Crippen LogP contribution in [0.1, 0.15) is 64.7 Å². The predicted octanol–water partition coefficient (Wildman–Crippen LogP) is 2.34. The highest BCUT2D eigenvalue weighted by atomic mass is 16.2. The highest BCUT2D eigenvalue weighted by Crippen LogP contribution is 2.31. The number of carbonyl (C=O) groups is 1. The molecule has 3 N–H and O–H groups in total. The predicted molar refractivity (Wildman–Crippen MR) is 69.6 cm³/mol. The van der Waals surface area contributed by atoms with Gasteiger partial charge in [-0.1, -0.05) is 19.8 Å². The summed E-state index contributed by atoms with van der Waals surface area (Å²) >= 11 is 0. The number of nitrogens with one attached hydrogen (secondary N) is 1. The maximum Gasteiger partial charge on any atom is 0.240 e. The van der Waals surface area contributed by atoms with Gasteiger partial charge in [0.25, 0.3) is 0 Å². The molecule has 2 fully saturated rings. The maximum absolute atomic E-state index is 12.0. The van der Waals surface area contributed by atoms with Crippen molar-refractivity contribution < 1.29 is 4.79 Å². The number of hydrogen-bond donors (Lipinski definition) is 2. The first-order valence-corrected chi connectivity index (χ1v) is 7.24. The Kier molecular flexibility index (Phi) is 4.08. The van der Waals surface area contributed by atoms with Gasteiger partial charge in [0, 0.05) is 6.04 Å². The van der Waals surface area contributed by atoms with E-state index >= 15 is 0 Å². The zero-order valence-corrected chi connectivity index (χ0v) is 11.0. The molecule has 0 aromatic carbocycles. The van der Waals surface area contributed by atoms with Crippen LogP contribution in [0.3, 0.4) is 0 Å². The molecule has 0 aromatic rings. The summed E-state index contributed by atoms with van der Waals surface area (Å²) in [4.78, 5) is 12.0. The maximum atomic E-state index is 12.0. The molecule has 2 aliphatic carbocycles. The molecular formula is C14H26N2O. The second kappa shape index (κ2) is 5.38. The smallest absolute Gasteiger partial charge is 0.240 e. The molecule has 17 heavy (non-hydrogen) atoms. The van der Waals surface area contributed by atoms with Crippen molar-refractivity contribution in [3.05, 3.63) is 0 Å². The molecular weight excluding hydrogens is 212 g/mol. The summed E-state index contributed by atoms with van der Waals surface area (Å²) < 4.78 is 0. The molecule has 0 unspecified atom stereocenters. The van der Waals surface area contributed by atoms with Gasteiger partial charge in [-0.2, -0.15) is 0 Å². The molecule has 1 amide bonds. The zero-order chi connectivity index (χ0) is 12.3. The Bertz CT molecular complexity index is 265. The van der Waals surface area contributed by atoms with Gasteiger partial charge in [0.15, 0.2) is 0 Å².